The van der Waals surface area contributed by atoms with Crippen LogP contribution in [0, 0.1) is 5.92 Å². The minimum atomic E-state index is -3.38. The highest BCUT2D eigenvalue weighted by Gasteiger charge is 2.36. The van der Waals surface area contributed by atoms with Crippen LogP contribution in [0.3, 0.4) is 0 Å². The Morgan fingerprint density at radius 3 is 2.52 bits per heavy atom. The fourth-order valence-electron chi connectivity index (χ4n) is 4.88. The number of amides is 1. The van der Waals surface area contributed by atoms with E-state index in [1.807, 2.05) is 0 Å². The van der Waals surface area contributed by atoms with Crippen LogP contribution in [0.5, 0.6) is 0 Å². The van der Waals surface area contributed by atoms with Crippen molar-refractivity contribution in [3.63, 3.8) is 0 Å². The number of carbonyl (C=O) groups is 1. The summed E-state index contributed by atoms with van der Waals surface area (Å²) >= 11 is 1.26. The number of hydrogen-bond donors (Lipinski definition) is 0. The van der Waals surface area contributed by atoms with Crippen molar-refractivity contribution in [3.8, 4) is 0 Å². The van der Waals surface area contributed by atoms with Gasteiger partial charge in [-0.15, -0.1) is 11.3 Å². The second kappa shape index (κ2) is 8.19. The van der Waals surface area contributed by atoms with Gasteiger partial charge in [0.05, 0.1) is 6.54 Å². The summed E-state index contributed by atoms with van der Waals surface area (Å²) in [6, 6.07) is 3.87. The van der Waals surface area contributed by atoms with Crippen molar-refractivity contribution in [1.29, 1.82) is 0 Å². The highest BCUT2D eigenvalue weighted by atomic mass is 32.2. The molecule has 1 saturated carbocycles. The van der Waals surface area contributed by atoms with E-state index in [4.69, 9.17) is 0 Å². The smallest absolute Gasteiger partial charge is 0.252 e. The molecule has 0 spiro atoms. The summed E-state index contributed by atoms with van der Waals surface area (Å²) in [7, 11) is -3.38. The lowest BCUT2D eigenvalue weighted by molar-refractivity contribution is -0.139. The summed E-state index contributed by atoms with van der Waals surface area (Å²) in [5.41, 5.74) is 0. The molecule has 4 rings (SSSR count). The van der Waals surface area contributed by atoms with E-state index >= 15 is 0 Å². The molecule has 8 heteroatoms. The van der Waals surface area contributed by atoms with Gasteiger partial charge in [0.15, 0.2) is 0 Å². The van der Waals surface area contributed by atoms with Gasteiger partial charge in [-0.25, -0.2) is 8.42 Å². The molecule has 0 aromatic carbocycles. The summed E-state index contributed by atoms with van der Waals surface area (Å²) in [6.45, 7) is 3.48. The highest BCUT2D eigenvalue weighted by Crippen LogP contribution is 2.35. The molecule has 1 aromatic rings. The third kappa shape index (κ3) is 4.09. The van der Waals surface area contributed by atoms with Crippen molar-refractivity contribution in [3.05, 3.63) is 17.5 Å². The van der Waals surface area contributed by atoms with Crippen LogP contribution < -0.4 is 0 Å². The Hall–Kier alpha value is -0.960. The van der Waals surface area contributed by atoms with Crippen molar-refractivity contribution in [2.45, 2.75) is 48.8 Å². The summed E-state index contributed by atoms with van der Waals surface area (Å²) in [5, 5.41) is 1.79. The standard InChI is InChI=1S/C19H29N3O3S2/c23-18(22-9-3-6-16-5-1-2-7-17(16)22)15-20-10-12-21(13-11-20)27(24,25)19-8-4-14-26-19/h4,8,14,16-17H,1-3,5-7,9-13,15H2/t16-,17+/m1/s1. The second-order valence-corrected chi connectivity index (χ2v) is 11.1. The first-order valence-electron chi connectivity index (χ1n) is 10.1. The van der Waals surface area contributed by atoms with Gasteiger partial charge in [0.1, 0.15) is 4.21 Å². The number of thiophene rings is 1. The van der Waals surface area contributed by atoms with Crippen molar-refractivity contribution in [2.75, 3.05) is 39.3 Å². The van der Waals surface area contributed by atoms with Gasteiger partial charge in [0.2, 0.25) is 5.91 Å². The molecule has 2 saturated heterocycles. The molecule has 150 valence electrons. The predicted molar refractivity (Wildman–Crippen MR) is 106 cm³/mol. The molecule has 0 N–H and O–H groups in total. The lowest BCUT2D eigenvalue weighted by Gasteiger charge is -2.45. The number of fused-ring (bicyclic) bond motifs is 1. The van der Waals surface area contributed by atoms with Crippen LogP contribution in [0.4, 0.5) is 0 Å². The van der Waals surface area contributed by atoms with Crippen molar-refractivity contribution in [1.82, 2.24) is 14.1 Å². The molecule has 0 bridgehead atoms. The Labute approximate surface area is 166 Å². The van der Waals surface area contributed by atoms with E-state index in [1.54, 1.807) is 21.8 Å². The van der Waals surface area contributed by atoms with Crippen LogP contribution in [0.2, 0.25) is 0 Å². The van der Waals surface area contributed by atoms with Gasteiger partial charge < -0.3 is 4.90 Å². The van der Waals surface area contributed by atoms with Gasteiger partial charge in [-0.3, -0.25) is 9.69 Å². The first kappa shape index (κ1) is 19.4. The molecule has 6 nitrogen and oxygen atoms in total. The molecule has 0 radical (unpaired) electrons. The monoisotopic (exact) mass is 411 g/mol. The molecule has 2 atom stereocenters. The largest absolute Gasteiger partial charge is 0.338 e. The summed E-state index contributed by atoms with van der Waals surface area (Å²) < 4.78 is 27.2. The summed E-state index contributed by atoms with van der Waals surface area (Å²) in [4.78, 5) is 17.2. The number of rotatable bonds is 4. The zero-order valence-corrected chi connectivity index (χ0v) is 17.4. The second-order valence-electron chi connectivity index (χ2n) is 7.95. The highest BCUT2D eigenvalue weighted by molar-refractivity contribution is 7.91. The maximum atomic E-state index is 12.9. The van der Waals surface area contributed by atoms with E-state index in [9.17, 15) is 13.2 Å². The number of piperazine rings is 1. The molecule has 1 aromatic heterocycles. The minimum absolute atomic E-state index is 0.237. The van der Waals surface area contributed by atoms with Crippen LogP contribution in [0.15, 0.2) is 21.7 Å². The van der Waals surface area contributed by atoms with Crippen molar-refractivity contribution in [2.24, 2.45) is 5.92 Å². The lowest BCUT2D eigenvalue weighted by atomic mass is 9.78. The van der Waals surface area contributed by atoms with Crippen molar-refractivity contribution < 1.29 is 13.2 Å². The number of hydrogen-bond acceptors (Lipinski definition) is 5. The van der Waals surface area contributed by atoms with Crippen molar-refractivity contribution >= 4 is 27.3 Å². The molecule has 1 amide bonds. The van der Waals surface area contributed by atoms with Gasteiger partial charge in [0.25, 0.3) is 10.0 Å². The molecule has 1 aliphatic carbocycles. The normalized spacial score (nSPS) is 28.1. The van der Waals surface area contributed by atoms with E-state index in [0.717, 1.165) is 19.4 Å². The fourth-order valence-corrected chi connectivity index (χ4v) is 7.45. The molecule has 3 fully saturated rings. The van der Waals surface area contributed by atoms with E-state index in [-0.39, 0.29) is 5.91 Å². The van der Waals surface area contributed by atoms with Gasteiger partial charge in [-0.1, -0.05) is 18.9 Å². The van der Waals surface area contributed by atoms with E-state index in [2.05, 4.69) is 9.80 Å². The van der Waals surface area contributed by atoms with Crippen LogP contribution in [0.1, 0.15) is 38.5 Å². The molecule has 0 unspecified atom stereocenters. The Kier molecular flexibility index (Phi) is 5.87. The zero-order chi connectivity index (χ0) is 18.9. The van der Waals surface area contributed by atoms with Crippen LogP contribution in [0.25, 0.3) is 0 Å². The van der Waals surface area contributed by atoms with E-state index in [1.165, 1.54) is 37.0 Å². The Bertz CT molecular complexity index is 740. The van der Waals surface area contributed by atoms with Gasteiger partial charge in [-0.2, -0.15) is 4.31 Å². The predicted octanol–water partition coefficient (Wildman–Crippen LogP) is 2.24. The van der Waals surface area contributed by atoms with Gasteiger partial charge in [0, 0.05) is 38.8 Å². The van der Waals surface area contributed by atoms with Gasteiger partial charge >= 0.3 is 0 Å². The number of carbonyl (C=O) groups excluding carboxylic acids is 1. The summed E-state index contributed by atoms with van der Waals surface area (Å²) in [5.74, 6) is 0.936. The minimum Gasteiger partial charge on any atom is -0.338 e. The average Bonchev–Trinajstić information content (AvgIpc) is 3.24. The topological polar surface area (TPSA) is 60.9 Å². The molecule has 3 aliphatic rings. The zero-order valence-electron chi connectivity index (χ0n) is 15.8. The summed E-state index contributed by atoms with van der Waals surface area (Å²) in [6.07, 6.45) is 7.37. The molecular weight excluding hydrogens is 382 g/mol. The first-order chi connectivity index (χ1) is 13.1. The van der Waals surface area contributed by atoms with Crippen LogP contribution >= 0.6 is 11.3 Å². The van der Waals surface area contributed by atoms with Crippen LogP contribution in [-0.4, -0.2) is 73.7 Å². The van der Waals surface area contributed by atoms with E-state index in [0.29, 0.717) is 48.9 Å². The SMILES string of the molecule is O=C(CN1CCN(S(=O)(=O)c2cccs2)CC1)N1CCC[C@H]2CCCC[C@@H]21. The number of sulfonamides is 1. The molecule has 3 heterocycles. The Morgan fingerprint density at radius 2 is 1.78 bits per heavy atom. The molecular formula is C19H29N3O3S2. The van der Waals surface area contributed by atoms with Crippen LogP contribution in [-0.2, 0) is 14.8 Å². The lowest BCUT2D eigenvalue weighted by Crippen LogP contribution is -2.55. The third-order valence-corrected chi connectivity index (χ3v) is 9.61. The molecule has 2 aliphatic heterocycles. The third-order valence-electron chi connectivity index (χ3n) is 6.34. The molecule has 27 heavy (non-hydrogen) atoms. The quantitative estimate of drug-likeness (QED) is 0.762. The Balaban J connectivity index is 1.32. The van der Waals surface area contributed by atoms with Gasteiger partial charge in [-0.05, 0) is 43.0 Å². The Morgan fingerprint density at radius 1 is 1.04 bits per heavy atom. The number of likely N-dealkylation sites (tertiary alicyclic amines) is 1. The maximum absolute atomic E-state index is 12.9. The number of piperidine rings is 1. The average molecular weight is 412 g/mol. The first-order valence-corrected chi connectivity index (χ1v) is 12.4. The number of nitrogens with zero attached hydrogens (tertiary/aromatic N) is 3. The maximum Gasteiger partial charge on any atom is 0.252 e. The van der Waals surface area contributed by atoms with E-state index < -0.39 is 10.0 Å². The fraction of sp³-hybridized carbons (Fsp3) is 0.737.